The molecule has 0 fully saturated rings. The molecule has 3 aromatic rings. The van der Waals surface area contributed by atoms with Crippen LogP contribution in [0.2, 0.25) is 0 Å². The average molecular weight is 517 g/mol. The van der Waals surface area contributed by atoms with E-state index in [1.165, 1.54) is 24.1 Å². The molecule has 0 spiro atoms. The van der Waals surface area contributed by atoms with Crippen molar-refractivity contribution in [2.75, 3.05) is 7.11 Å². The van der Waals surface area contributed by atoms with Crippen molar-refractivity contribution < 1.29 is 14.4 Å². The minimum Gasteiger partial charge on any atom is -0.493 e. The van der Waals surface area contributed by atoms with Crippen molar-refractivity contribution in [1.82, 2.24) is 9.66 Å². The number of aryl methyl sites for hydroxylation is 1. The maximum absolute atomic E-state index is 13.2. The zero-order valence-electron chi connectivity index (χ0n) is 18.9. The number of benzene rings is 2. The van der Waals surface area contributed by atoms with Gasteiger partial charge in [-0.15, -0.1) is 0 Å². The number of nitro groups is 1. The number of halogens is 1. The maximum Gasteiger partial charge on any atom is 0.315 e. The van der Waals surface area contributed by atoms with Gasteiger partial charge in [0, 0.05) is 22.5 Å². The Morgan fingerprint density at radius 1 is 1.30 bits per heavy atom. The lowest BCUT2D eigenvalue weighted by atomic mass is 10.2. The molecule has 0 aliphatic heterocycles. The van der Waals surface area contributed by atoms with Crippen LogP contribution < -0.4 is 15.0 Å². The molecule has 0 bridgehead atoms. The van der Waals surface area contributed by atoms with Gasteiger partial charge < -0.3 is 9.47 Å². The highest BCUT2D eigenvalue weighted by Crippen LogP contribution is 2.38. The third-order valence-electron chi connectivity index (χ3n) is 4.78. The summed E-state index contributed by atoms with van der Waals surface area (Å²) in [6.45, 7) is 5.60. The van der Waals surface area contributed by atoms with Crippen molar-refractivity contribution in [1.29, 1.82) is 0 Å². The van der Waals surface area contributed by atoms with Crippen LogP contribution >= 0.6 is 15.9 Å². The van der Waals surface area contributed by atoms with Crippen LogP contribution in [0.15, 0.2) is 44.7 Å². The highest BCUT2D eigenvalue weighted by atomic mass is 79.9. The molecule has 0 saturated heterocycles. The van der Waals surface area contributed by atoms with Crippen molar-refractivity contribution in [3.8, 4) is 11.5 Å². The zero-order chi connectivity index (χ0) is 24.1. The molecule has 2 aromatic carbocycles. The number of nitro benzene ring substituents is 1. The second-order valence-corrected chi connectivity index (χ2v) is 8.57. The first-order valence-corrected chi connectivity index (χ1v) is 11.3. The molecular weight excluding hydrogens is 492 g/mol. The highest BCUT2D eigenvalue weighted by molar-refractivity contribution is 9.10. The van der Waals surface area contributed by atoms with Crippen molar-refractivity contribution >= 4 is 38.7 Å². The number of rotatable bonds is 9. The van der Waals surface area contributed by atoms with E-state index in [9.17, 15) is 14.9 Å². The normalized spacial score (nSPS) is 11.5. The minimum atomic E-state index is -0.536. The largest absolute Gasteiger partial charge is 0.493 e. The molecule has 0 saturated carbocycles. The van der Waals surface area contributed by atoms with Crippen LogP contribution in [-0.4, -0.2) is 34.0 Å². The van der Waals surface area contributed by atoms with Gasteiger partial charge in [0.25, 0.3) is 5.56 Å². The SMILES string of the molecule is CCCCc1nc2ccc(Br)cc2c(=O)n1N=Cc1cc(OC)c(OC(C)C)c([N+](=O)[O-])c1. The lowest BCUT2D eigenvalue weighted by Gasteiger charge is -2.14. The lowest BCUT2D eigenvalue weighted by molar-refractivity contribution is -0.386. The summed E-state index contributed by atoms with van der Waals surface area (Å²) < 4.78 is 12.9. The topological polar surface area (TPSA) is 109 Å². The summed E-state index contributed by atoms with van der Waals surface area (Å²) in [7, 11) is 1.41. The predicted molar refractivity (Wildman–Crippen MR) is 131 cm³/mol. The van der Waals surface area contributed by atoms with E-state index in [2.05, 4.69) is 32.9 Å². The molecule has 0 atom stereocenters. The molecule has 0 N–H and O–H groups in total. The van der Waals surface area contributed by atoms with Gasteiger partial charge >= 0.3 is 5.69 Å². The standard InChI is InChI=1S/C23H25BrN4O5/c1-5-6-7-21-26-18-9-8-16(24)12-17(18)23(29)27(21)25-13-15-10-19(28(30)31)22(33-14(2)3)20(11-15)32-4/h8-14H,5-7H2,1-4H3. The van der Waals surface area contributed by atoms with Gasteiger partial charge in [-0.1, -0.05) is 29.3 Å². The Labute approximate surface area is 199 Å². The third kappa shape index (κ3) is 5.57. The Bertz CT molecular complexity index is 1270. The van der Waals surface area contributed by atoms with Crippen molar-refractivity contribution in [2.24, 2.45) is 5.10 Å². The lowest BCUT2D eigenvalue weighted by Crippen LogP contribution is -2.22. The van der Waals surface area contributed by atoms with E-state index in [1.54, 1.807) is 32.0 Å². The molecular formula is C23H25BrN4O5. The van der Waals surface area contributed by atoms with Crippen LogP contribution in [0.5, 0.6) is 11.5 Å². The number of unbranched alkanes of at least 4 members (excludes halogenated alkanes) is 1. The first-order valence-electron chi connectivity index (χ1n) is 10.5. The molecule has 0 radical (unpaired) electrons. The summed E-state index contributed by atoms with van der Waals surface area (Å²) in [6.07, 6.45) is 3.44. The fourth-order valence-electron chi connectivity index (χ4n) is 3.26. The van der Waals surface area contributed by atoms with Crippen LogP contribution in [0.3, 0.4) is 0 Å². The van der Waals surface area contributed by atoms with E-state index >= 15 is 0 Å². The Kier molecular flexibility index (Phi) is 7.80. The molecule has 0 aliphatic carbocycles. The molecule has 1 aromatic heterocycles. The smallest absolute Gasteiger partial charge is 0.315 e. The first-order chi connectivity index (χ1) is 15.7. The molecule has 3 rings (SSSR count). The number of ether oxygens (including phenoxy) is 2. The monoisotopic (exact) mass is 516 g/mol. The Morgan fingerprint density at radius 2 is 2.06 bits per heavy atom. The molecule has 174 valence electrons. The van der Waals surface area contributed by atoms with Gasteiger partial charge in [-0.05, 0) is 44.5 Å². The number of aromatic nitrogens is 2. The molecule has 33 heavy (non-hydrogen) atoms. The van der Waals surface area contributed by atoms with Gasteiger partial charge in [-0.3, -0.25) is 14.9 Å². The average Bonchev–Trinajstić information content (AvgIpc) is 2.77. The molecule has 9 nitrogen and oxygen atoms in total. The van der Waals surface area contributed by atoms with Crippen LogP contribution in [0.4, 0.5) is 5.69 Å². The molecule has 1 heterocycles. The highest BCUT2D eigenvalue weighted by Gasteiger charge is 2.23. The van der Waals surface area contributed by atoms with E-state index in [0.29, 0.717) is 28.7 Å². The zero-order valence-corrected chi connectivity index (χ0v) is 20.5. The molecule has 0 amide bonds. The van der Waals surface area contributed by atoms with Gasteiger partial charge in [0.2, 0.25) is 5.75 Å². The summed E-state index contributed by atoms with van der Waals surface area (Å²) in [5.74, 6) is 0.778. The number of hydrogen-bond donors (Lipinski definition) is 0. The number of fused-ring (bicyclic) bond motifs is 1. The van der Waals surface area contributed by atoms with Gasteiger partial charge in [0.15, 0.2) is 5.75 Å². The summed E-state index contributed by atoms with van der Waals surface area (Å²) in [5.41, 5.74) is 0.416. The minimum absolute atomic E-state index is 0.0488. The van der Waals surface area contributed by atoms with E-state index in [-0.39, 0.29) is 28.8 Å². The quantitative estimate of drug-likeness (QED) is 0.222. The number of nitrogens with zero attached hydrogens (tertiary/aromatic N) is 4. The van der Waals surface area contributed by atoms with Gasteiger partial charge in [-0.25, -0.2) is 4.98 Å². The summed E-state index contributed by atoms with van der Waals surface area (Å²) in [5, 5.41) is 16.4. The summed E-state index contributed by atoms with van der Waals surface area (Å²) in [6, 6.07) is 8.23. The second kappa shape index (κ2) is 10.6. The van der Waals surface area contributed by atoms with Crippen LogP contribution in [0.25, 0.3) is 10.9 Å². The van der Waals surface area contributed by atoms with Crippen LogP contribution in [0.1, 0.15) is 45.0 Å². The second-order valence-electron chi connectivity index (χ2n) is 7.65. The third-order valence-corrected chi connectivity index (χ3v) is 5.27. The van der Waals surface area contributed by atoms with E-state index in [4.69, 9.17) is 9.47 Å². The molecule has 0 unspecified atom stereocenters. The maximum atomic E-state index is 13.2. The number of methoxy groups -OCH3 is 1. The van der Waals surface area contributed by atoms with Gasteiger partial charge in [0.1, 0.15) is 5.82 Å². The van der Waals surface area contributed by atoms with E-state index < -0.39 is 4.92 Å². The van der Waals surface area contributed by atoms with E-state index in [1.807, 2.05) is 6.07 Å². The van der Waals surface area contributed by atoms with Crippen LogP contribution in [0, 0.1) is 10.1 Å². The Balaban J connectivity index is 2.14. The number of hydrogen-bond acceptors (Lipinski definition) is 7. The van der Waals surface area contributed by atoms with E-state index in [0.717, 1.165) is 17.3 Å². The fourth-order valence-corrected chi connectivity index (χ4v) is 3.62. The van der Waals surface area contributed by atoms with Crippen molar-refractivity contribution in [3.63, 3.8) is 0 Å². The Morgan fingerprint density at radius 3 is 2.70 bits per heavy atom. The summed E-state index contributed by atoms with van der Waals surface area (Å²) in [4.78, 5) is 28.9. The molecule has 0 aliphatic rings. The predicted octanol–water partition coefficient (Wildman–Crippen LogP) is 5.09. The fraction of sp³-hybridized carbons (Fsp3) is 0.348. The van der Waals surface area contributed by atoms with Crippen LogP contribution in [-0.2, 0) is 6.42 Å². The first kappa shape index (κ1) is 24.4. The molecule has 10 heteroatoms. The van der Waals surface area contributed by atoms with Gasteiger partial charge in [0.05, 0.1) is 35.3 Å². The van der Waals surface area contributed by atoms with Gasteiger partial charge in [-0.2, -0.15) is 9.78 Å². The Hall–Kier alpha value is -3.27. The van der Waals surface area contributed by atoms with Crippen molar-refractivity contribution in [2.45, 2.75) is 46.1 Å². The van der Waals surface area contributed by atoms with Crippen molar-refractivity contribution in [3.05, 3.63) is 66.7 Å². The summed E-state index contributed by atoms with van der Waals surface area (Å²) >= 11 is 3.38.